The first-order valence-electron chi connectivity index (χ1n) is 9.13. The topological polar surface area (TPSA) is 54.0 Å². The van der Waals surface area contributed by atoms with E-state index in [0.717, 1.165) is 42.9 Å². The van der Waals surface area contributed by atoms with E-state index in [4.69, 9.17) is 4.42 Å². The van der Waals surface area contributed by atoms with Gasteiger partial charge in [0.2, 0.25) is 0 Å². The zero-order valence-corrected chi connectivity index (χ0v) is 15.1. The van der Waals surface area contributed by atoms with Gasteiger partial charge in [-0.15, -0.1) is 0 Å². The van der Waals surface area contributed by atoms with Crippen LogP contribution in [-0.4, -0.2) is 47.5 Å². The highest BCUT2D eigenvalue weighted by molar-refractivity contribution is 5.84. The van der Waals surface area contributed by atoms with Crippen LogP contribution in [0.5, 0.6) is 0 Å². The number of imidazole rings is 1. The Morgan fingerprint density at radius 2 is 1.89 bits per heavy atom. The monoisotopic (exact) mass is 360 g/mol. The molecule has 27 heavy (non-hydrogen) atoms. The van der Waals surface area contributed by atoms with Crippen LogP contribution in [0.25, 0.3) is 27.9 Å². The van der Waals surface area contributed by atoms with Crippen LogP contribution < -0.4 is 10.5 Å². The van der Waals surface area contributed by atoms with Crippen LogP contribution in [0.4, 0.5) is 5.69 Å². The van der Waals surface area contributed by atoms with Gasteiger partial charge in [-0.1, -0.05) is 6.07 Å². The third kappa shape index (κ3) is 2.88. The zero-order valence-electron chi connectivity index (χ0n) is 15.1. The lowest BCUT2D eigenvalue weighted by Gasteiger charge is -2.34. The van der Waals surface area contributed by atoms with Crippen molar-refractivity contribution in [2.24, 2.45) is 0 Å². The molecule has 0 atom stereocenters. The molecule has 1 fully saturated rings. The highest BCUT2D eigenvalue weighted by Crippen LogP contribution is 2.25. The molecule has 3 aromatic heterocycles. The molecule has 4 heterocycles. The summed E-state index contributed by atoms with van der Waals surface area (Å²) in [5.41, 5.74) is 3.26. The summed E-state index contributed by atoms with van der Waals surface area (Å²) < 4.78 is 7.55. The van der Waals surface area contributed by atoms with Gasteiger partial charge in [0.25, 0.3) is 0 Å². The van der Waals surface area contributed by atoms with Gasteiger partial charge in [0.05, 0.1) is 11.3 Å². The van der Waals surface area contributed by atoms with E-state index < -0.39 is 0 Å². The molecule has 0 unspecified atom stereocenters. The molecule has 0 amide bonds. The summed E-state index contributed by atoms with van der Waals surface area (Å²) in [6.45, 7) is 4.03. The molecular formula is C21H20N4O2. The first-order valence-corrected chi connectivity index (χ1v) is 9.13. The second kappa shape index (κ2) is 6.25. The van der Waals surface area contributed by atoms with Gasteiger partial charge in [0.15, 0.2) is 0 Å². The number of likely N-dealkylation sites (N-methyl/N-ethyl adjacent to an activating group) is 1. The smallest absolute Gasteiger partial charge is 0.345 e. The van der Waals surface area contributed by atoms with Crippen LogP contribution in [0.2, 0.25) is 0 Å². The fraction of sp³-hybridized carbons (Fsp3) is 0.238. The summed E-state index contributed by atoms with van der Waals surface area (Å²) in [4.78, 5) is 21.8. The van der Waals surface area contributed by atoms with Crippen molar-refractivity contribution >= 4 is 22.3 Å². The minimum atomic E-state index is -0.360. The number of hydrogen-bond donors (Lipinski definition) is 0. The Labute approximate surface area is 156 Å². The maximum Gasteiger partial charge on any atom is 0.345 e. The van der Waals surface area contributed by atoms with Gasteiger partial charge >= 0.3 is 5.63 Å². The normalized spacial score (nSPS) is 15.7. The van der Waals surface area contributed by atoms with Crippen LogP contribution >= 0.6 is 0 Å². The Kier molecular flexibility index (Phi) is 3.72. The van der Waals surface area contributed by atoms with Crippen molar-refractivity contribution in [1.29, 1.82) is 0 Å². The predicted molar refractivity (Wildman–Crippen MR) is 106 cm³/mol. The van der Waals surface area contributed by atoms with Gasteiger partial charge in [-0.2, -0.15) is 0 Å². The van der Waals surface area contributed by atoms with Gasteiger partial charge in [-0.05, 0) is 37.4 Å². The summed E-state index contributed by atoms with van der Waals surface area (Å²) in [7, 11) is 2.14. The molecule has 0 bridgehead atoms. The molecule has 0 saturated carbocycles. The Bertz CT molecular complexity index is 1150. The third-order valence-corrected chi connectivity index (χ3v) is 5.23. The molecule has 0 N–H and O–H groups in total. The number of hydrogen-bond acceptors (Lipinski definition) is 5. The molecule has 4 aromatic rings. The van der Waals surface area contributed by atoms with Crippen molar-refractivity contribution in [2.75, 3.05) is 38.1 Å². The van der Waals surface area contributed by atoms with Crippen molar-refractivity contribution in [1.82, 2.24) is 14.3 Å². The summed E-state index contributed by atoms with van der Waals surface area (Å²) in [5, 5.41) is 0.902. The maximum absolute atomic E-state index is 12.6. The summed E-state index contributed by atoms with van der Waals surface area (Å²) >= 11 is 0. The van der Waals surface area contributed by atoms with E-state index in [2.05, 4.69) is 27.9 Å². The zero-order chi connectivity index (χ0) is 18.4. The first kappa shape index (κ1) is 16.1. The van der Waals surface area contributed by atoms with Crippen LogP contribution in [0.15, 0.2) is 64.1 Å². The number of fused-ring (bicyclic) bond motifs is 2. The van der Waals surface area contributed by atoms with Crippen molar-refractivity contribution in [2.45, 2.75) is 0 Å². The van der Waals surface area contributed by atoms with Gasteiger partial charge < -0.3 is 18.6 Å². The fourth-order valence-electron chi connectivity index (χ4n) is 3.60. The van der Waals surface area contributed by atoms with Crippen LogP contribution in [0, 0.1) is 0 Å². The quantitative estimate of drug-likeness (QED) is 0.515. The lowest BCUT2D eigenvalue weighted by molar-refractivity contribution is 0.313. The minimum absolute atomic E-state index is 0.360. The van der Waals surface area contributed by atoms with E-state index in [1.807, 2.05) is 53.2 Å². The number of anilines is 1. The van der Waals surface area contributed by atoms with Gasteiger partial charge in [0, 0.05) is 55.7 Å². The number of aromatic nitrogens is 2. The largest absolute Gasteiger partial charge is 0.422 e. The molecule has 0 aliphatic carbocycles. The number of rotatable bonds is 2. The fourth-order valence-corrected chi connectivity index (χ4v) is 3.60. The van der Waals surface area contributed by atoms with Gasteiger partial charge in [-0.3, -0.25) is 0 Å². The molecule has 136 valence electrons. The Morgan fingerprint density at radius 1 is 1.04 bits per heavy atom. The second-order valence-electron chi connectivity index (χ2n) is 7.05. The van der Waals surface area contributed by atoms with E-state index in [9.17, 15) is 4.79 Å². The SMILES string of the molecule is CN1CCN(c2ccc3cc(-c4cn5ccccc5n4)c(=O)oc3c2)CC1. The predicted octanol–water partition coefficient (Wildman–Crippen LogP) is 2.86. The van der Waals surface area contributed by atoms with E-state index >= 15 is 0 Å². The summed E-state index contributed by atoms with van der Waals surface area (Å²) in [6.07, 6.45) is 3.77. The number of nitrogens with zero attached hydrogens (tertiary/aromatic N) is 4. The van der Waals surface area contributed by atoms with Gasteiger partial charge in [0.1, 0.15) is 11.2 Å². The molecule has 6 heteroatoms. The molecule has 1 saturated heterocycles. The first-order chi connectivity index (χ1) is 13.2. The lowest BCUT2D eigenvalue weighted by atomic mass is 10.1. The van der Waals surface area contributed by atoms with Crippen molar-refractivity contribution in [3.63, 3.8) is 0 Å². The highest BCUT2D eigenvalue weighted by atomic mass is 16.4. The molecule has 6 nitrogen and oxygen atoms in total. The Hall–Kier alpha value is -3.12. The molecule has 1 aliphatic heterocycles. The molecule has 5 rings (SSSR count). The highest BCUT2D eigenvalue weighted by Gasteiger charge is 2.16. The van der Waals surface area contributed by atoms with E-state index in [1.54, 1.807) is 0 Å². The minimum Gasteiger partial charge on any atom is -0.422 e. The van der Waals surface area contributed by atoms with Crippen LogP contribution in [-0.2, 0) is 0 Å². The van der Waals surface area contributed by atoms with Crippen LogP contribution in [0.3, 0.4) is 0 Å². The second-order valence-corrected chi connectivity index (χ2v) is 7.05. The third-order valence-electron chi connectivity index (χ3n) is 5.23. The Morgan fingerprint density at radius 3 is 2.70 bits per heavy atom. The molecule has 1 aliphatic rings. The average Bonchev–Trinajstić information content (AvgIpc) is 3.11. The number of piperazine rings is 1. The number of pyridine rings is 1. The number of benzene rings is 1. The average molecular weight is 360 g/mol. The van der Waals surface area contributed by atoms with Crippen molar-refractivity contribution < 1.29 is 4.42 Å². The van der Waals surface area contributed by atoms with E-state index in [0.29, 0.717) is 16.8 Å². The van der Waals surface area contributed by atoms with Crippen molar-refractivity contribution in [3.8, 4) is 11.3 Å². The standard InChI is InChI=1S/C21H20N4O2/c1-23-8-10-24(11-9-23)16-6-5-15-12-17(21(26)27-19(15)13-16)18-14-25-7-3-2-4-20(25)22-18/h2-7,12-14H,8-11H2,1H3. The van der Waals surface area contributed by atoms with Gasteiger partial charge in [-0.25, -0.2) is 9.78 Å². The Balaban J connectivity index is 1.55. The molecule has 1 aromatic carbocycles. The molecule has 0 radical (unpaired) electrons. The summed E-state index contributed by atoms with van der Waals surface area (Å²) in [6, 6.07) is 13.7. The summed E-state index contributed by atoms with van der Waals surface area (Å²) in [5.74, 6) is 0. The maximum atomic E-state index is 12.6. The van der Waals surface area contributed by atoms with Crippen LogP contribution in [0.1, 0.15) is 0 Å². The lowest BCUT2D eigenvalue weighted by Crippen LogP contribution is -2.44. The molecular weight excluding hydrogens is 340 g/mol. The van der Waals surface area contributed by atoms with E-state index in [1.165, 1.54) is 0 Å². The molecule has 0 spiro atoms. The van der Waals surface area contributed by atoms with Crippen molar-refractivity contribution in [3.05, 3.63) is 65.3 Å². The van der Waals surface area contributed by atoms with E-state index in [-0.39, 0.29) is 5.63 Å².